The molecule has 29 heavy (non-hydrogen) atoms. The van der Waals surface area contributed by atoms with Crippen LogP contribution in [0.3, 0.4) is 0 Å². The van der Waals surface area contributed by atoms with E-state index in [-0.39, 0.29) is 38.7 Å². The van der Waals surface area contributed by atoms with Crippen LogP contribution in [0.5, 0.6) is 0 Å². The van der Waals surface area contributed by atoms with Gasteiger partial charge in [-0.3, -0.25) is 4.84 Å². The highest BCUT2D eigenvalue weighted by molar-refractivity contribution is 6.02. The molecule has 8 nitrogen and oxygen atoms in total. The van der Waals surface area contributed by atoms with Crippen molar-refractivity contribution >= 4 is 18.0 Å². The van der Waals surface area contributed by atoms with E-state index < -0.39 is 23.6 Å². The SMILES string of the molecule is CCOC(=O)C1=C(C(=O)OCC)C2CCON(C(=O)OC(C)(C)C)CC2=C(C)C1. The van der Waals surface area contributed by atoms with Gasteiger partial charge >= 0.3 is 18.0 Å². The minimum atomic E-state index is -0.658. The molecule has 0 aromatic carbocycles. The largest absolute Gasteiger partial charge is 0.463 e. The van der Waals surface area contributed by atoms with Gasteiger partial charge in [-0.25, -0.2) is 14.4 Å². The number of carbonyl (C=O) groups excluding carboxylic acids is 3. The van der Waals surface area contributed by atoms with Gasteiger partial charge in [0.1, 0.15) is 5.60 Å². The van der Waals surface area contributed by atoms with Gasteiger partial charge in [0.05, 0.1) is 37.5 Å². The minimum Gasteiger partial charge on any atom is -0.463 e. The van der Waals surface area contributed by atoms with Crippen molar-refractivity contribution in [2.45, 2.75) is 60.0 Å². The zero-order valence-electron chi connectivity index (χ0n) is 18.1. The van der Waals surface area contributed by atoms with Crippen molar-refractivity contribution < 1.29 is 33.4 Å². The lowest BCUT2D eigenvalue weighted by Gasteiger charge is -2.30. The van der Waals surface area contributed by atoms with Crippen molar-refractivity contribution in [1.29, 1.82) is 0 Å². The Balaban J connectivity index is 2.38. The minimum absolute atomic E-state index is 0.157. The Labute approximate surface area is 171 Å². The number of hydrogen-bond donors (Lipinski definition) is 0. The average Bonchev–Trinajstić information content (AvgIpc) is 2.84. The molecule has 162 valence electrons. The van der Waals surface area contributed by atoms with Crippen LogP contribution in [0, 0.1) is 5.92 Å². The van der Waals surface area contributed by atoms with E-state index in [1.807, 2.05) is 6.92 Å². The number of carbonyl (C=O) groups is 3. The molecule has 0 saturated carbocycles. The van der Waals surface area contributed by atoms with Crippen LogP contribution >= 0.6 is 0 Å². The number of hydrogen-bond acceptors (Lipinski definition) is 7. The molecule has 1 fully saturated rings. The second-order valence-corrected chi connectivity index (χ2v) is 8.01. The number of hydroxylamine groups is 2. The van der Waals surface area contributed by atoms with Gasteiger partial charge in [0.25, 0.3) is 0 Å². The number of amides is 1. The molecule has 1 unspecified atom stereocenters. The van der Waals surface area contributed by atoms with Gasteiger partial charge in [-0.1, -0.05) is 5.57 Å². The molecule has 0 bridgehead atoms. The smallest absolute Gasteiger partial charge is 0.434 e. The lowest BCUT2D eigenvalue weighted by atomic mass is 9.76. The van der Waals surface area contributed by atoms with Crippen LogP contribution in [0.1, 0.15) is 54.4 Å². The van der Waals surface area contributed by atoms with Gasteiger partial charge in [0.15, 0.2) is 0 Å². The Morgan fingerprint density at radius 1 is 1.10 bits per heavy atom. The summed E-state index contributed by atoms with van der Waals surface area (Å²) in [5, 5.41) is 1.18. The topological polar surface area (TPSA) is 91.4 Å². The molecule has 0 radical (unpaired) electrons. The maximum atomic E-state index is 12.7. The first kappa shape index (κ1) is 22.9. The highest BCUT2D eigenvalue weighted by Crippen LogP contribution is 2.40. The molecule has 8 heteroatoms. The van der Waals surface area contributed by atoms with E-state index in [9.17, 15) is 14.4 Å². The number of fused-ring (bicyclic) bond motifs is 1. The van der Waals surface area contributed by atoms with Gasteiger partial charge in [-0.15, -0.1) is 0 Å². The summed E-state index contributed by atoms with van der Waals surface area (Å²) in [5.74, 6) is -1.42. The summed E-state index contributed by atoms with van der Waals surface area (Å²) in [4.78, 5) is 43.4. The standard InChI is InChI=1S/C21H31NO7/c1-7-26-18(23)15-11-13(3)16-12-22(20(25)29-21(4,5)6)28-10-9-14(16)17(15)19(24)27-8-2/h14H,7-12H2,1-6H3. The second-order valence-electron chi connectivity index (χ2n) is 8.01. The van der Waals surface area contributed by atoms with Gasteiger partial charge in [0, 0.05) is 12.3 Å². The van der Waals surface area contributed by atoms with E-state index in [2.05, 4.69) is 0 Å². The van der Waals surface area contributed by atoms with Crippen molar-refractivity contribution in [3.8, 4) is 0 Å². The molecular formula is C21H31NO7. The summed E-state index contributed by atoms with van der Waals surface area (Å²) in [5.41, 5.74) is 1.74. The number of nitrogens with zero attached hydrogens (tertiary/aromatic N) is 1. The normalized spacial score (nSPS) is 20.1. The van der Waals surface area contributed by atoms with Gasteiger partial charge in [-0.2, -0.15) is 5.06 Å². The predicted octanol–water partition coefficient (Wildman–Crippen LogP) is 3.32. The predicted molar refractivity (Wildman–Crippen MR) is 105 cm³/mol. The summed E-state index contributed by atoms with van der Waals surface area (Å²) in [7, 11) is 0. The van der Waals surface area contributed by atoms with E-state index in [0.29, 0.717) is 17.6 Å². The fraction of sp³-hybridized carbons (Fsp3) is 0.667. The third-order valence-corrected chi connectivity index (χ3v) is 4.67. The van der Waals surface area contributed by atoms with Crippen LogP contribution < -0.4 is 0 Å². The second kappa shape index (κ2) is 9.43. The zero-order valence-corrected chi connectivity index (χ0v) is 18.1. The first-order valence-corrected chi connectivity index (χ1v) is 9.98. The number of ether oxygens (including phenoxy) is 3. The Bertz CT molecular complexity index is 730. The quantitative estimate of drug-likeness (QED) is 0.400. The molecule has 1 atom stereocenters. The molecule has 0 aromatic rings. The van der Waals surface area contributed by atoms with Crippen molar-refractivity contribution in [2.75, 3.05) is 26.4 Å². The molecule has 1 saturated heterocycles. The monoisotopic (exact) mass is 409 g/mol. The molecule has 2 rings (SSSR count). The van der Waals surface area contributed by atoms with E-state index >= 15 is 0 Å². The Kier molecular flexibility index (Phi) is 7.46. The van der Waals surface area contributed by atoms with Crippen LogP contribution in [0.2, 0.25) is 0 Å². The third-order valence-electron chi connectivity index (χ3n) is 4.67. The maximum Gasteiger partial charge on any atom is 0.434 e. The van der Waals surface area contributed by atoms with E-state index in [1.165, 1.54) is 5.06 Å². The van der Waals surface area contributed by atoms with Crippen LogP contribution in [0.4, 0.5) is 4.79 Å². The third kappa shape index (κ3) is 5.59. The summed E-state index contributed by atoms with van der Waals surface area (Å²) in [6, 6.07) is 0. The van der Waals surface area contributed by atoms with Crippen LogP contribution in [0.25, 0.3) is 0 Å². The summed E-state index contributed by atoms with van der Waals surface area (Å²) in [6.45, 7) is 11.4. The number of esters is 2. The maximum absolute atomic E-state index is 12.7. The Hall–Kier alpha value is -2.35. The Morgan fingerprint density at radius 3 is 2.31 bits per heavy atom. The van der Waals surface area contributed by atoms with Crippen molar-refractivity contribution in [3.05, 3.63) is 22.3 Å². The van der Waals surface area contributed by atoms with E-state index in [0.717, 1.165) is 11.1 Å². The molecule has 0 N–H and O–H groups in total. The van der Waals surface area contributed by atoms with Crippen molar-refractivity contribution in [2.24, 2.45) is 5.92 Å². The summed E-state index contributed by atoms with van der Waals surface area (Å²) < 4.78 is 15.8. The molecule has 1 heterocycles. The lowest BCUT2D eigenvalue weighted by Crippen LogP contribution is -2.38. The molecule has 1 amide bonds. The van der Waals surface area contributed by atoms with E-state index in [4.69, 9.17) is 19.0 Å². The van der Waals surface area contributed by atoms with Gasteiger partial charge in [-0.05, 0) is 53.5 Å². The number of allylic oxidation sites excluding steroid dienone is 1. The van der Waals surface area contributed by atoms with Crippen molar-refractivity contribution in [1.82, 2.24) is 5.06 Å². The van der Waals surface area contributed by atoms with Crippen molar-refractivity contribution in [3.63, 3.8) is 0 Å². The van der Waals surface area contributed by atoms with Gasteiger partial charge < -0.3 is 14.2 Å². The molecule has 2 aliphatic rings. The van der Waals surface area contributed by atoms with Crippen LogP contribution in [-0.4, -0.2) is 55.1 Å². The molecule has 1 aliphatic carbocycles. The highest BCUT2D eigenvalue weighted by Gasteiger charge is 2.39. The molecule has 0 aromatic heterocycles. The van der Waals surface area contributed by atoms with Crippen LogP contribution in [0.15, 0.2) is 22.3 Å². The summed E-state index contributed by atoms with van der Waals surface area (Å²) >= 11 is 0. The molecule has 1 aliphatic heterocycles. The molecular weight excluding hydrogens is 378 g/mol. The number of rotatable bonds is 4. The molecule has 0 spiro atoms. The average molecular weight is 409 g/mol. The first-order chi connectivity index (χ1) is 13.6. The summed E-state index contributed by atoms with van der Waals surface area (Å²) in [6.07, 6.45) is 0.112. The van der Waals surface area contributed by atoms with Crippen LogP contribution in [-0.2, 0) is 28.6 Å². The zero-order chi connectivity index (χ0) is 21.8. The van der Waals surface area contributed by atoms with Gasteiger partial charge in [0.2, 0.25) is 0 Å². The fourth-order valence-electron chi connectivity index (χ4n) is 3.51. The Morgan fingerprint density at radius 2 is 1.72 bits per heavy atom. The first-order valence-electron chi connectivity index (χ1n) is 9.98. The van der Waals surface area contributed by atoms with E-state index in [1.54, 1.807) is 34.6 Å². The fourth-order valence-corrected chi connectivity index (χ4v) is 3.51. The lowest BCUT2D eigenvalue weighted by molar-refractivity contribution is -0.142. The highest BCUT2D eigenvalue weighted by atomic mass is 16.7.